The Kier molecular flexibility index (Phi) is 8.61. The second-order valence-corrected chi connectivity index (χ2v) is 14.5. The third kappa shape index (κ3) is 5.36. The number of hydrogen-bond donors (Lipinski definition) is 1. The average Bonchev–Trinajstić information content (AvgIpc) is 3.84. The largest absolute Gasteiger partial charge is 0.461 e. The first kappa shape index (κ1) is 33.4. The molecule has 2 aromatic carbocycles. The van der Waals surface area contributed by atoms with Gasteiger partial charge in [-0.25, -0.2) is 13.2 Å². The van der Waals surface area contributed by atoms with Gasteiger partial charge in [-0.3, -0.25) is 9.69 Å². The second-order valence-electron chi connectivity index (χ2n) is 13.1. The highest BCUT2D eigenvalue weighted by Gasteiger charge is 2.49. The predicted molar refractivity (Wildman–Crippen MR) is 186 cm³/mol. The lowest BCUT2D eigenvalue weighted by atomic mass is 9.95. The van der Waals surface area contributed by atoms with Gasteiger partial charge in [-0.1, -0.05) is 31.2 Å². The van der Waals surface area contributed by atoms with Crippen LogP contribution in [0.5, 0.6) is 6.01 Å². The summed E-state index contributed by atoms with van der Waals surface area (Å²) in [5.74, 6) is -1.22. The number of rotatable bonds is 8. The van der Waals surface area contributed by atoms with Gasteiger partial charge < -0.3 is 20.3 Å². The fourth-order valence-corrected chi connectivity index (χ4v) is 9.47. The van der Waals surface area contributed by atoms with Gasteiger partial charge >= 0.3 is 6.01 Å². The summed E-state index contributed by atoms with van der Waals surface area (Å²) in [4.78, 5) is 27.9. The van der Waals surface area contributed by atoms with Crippen LogP contribution in [-0.2, 0) is 4.79 Å². The maximum absolute atomic E-state index is 17.1. The highest BCUT2D eigenvalue weighted by molar-refractivity contribution is 7.23. The summed E-state index contributed by atoms with van der Waals surface area (Å²) in [6, 6.07) is 5.71. The van der Waals surface area contributed by atoms with Crippen molar-refractivity contribution >= 4 is 60.7 Å². The number of ether oxygens (including phenoxy) is 1. The molecule has 5 heterocycles. The first-order valence-electron chi connectivity index (χ1n) is 16.3. The van der Waals surface area contributed by atoms with Crippen molar-refractivity contribution in [1.82, 2.24) is 19.8 Å². The van der Waals surface area contributed by atoms with Crippen LogP contribution in [0.3, 0.4) is 0 Å². The molecule has 4 aromatic rings. The highest BCUT2D eigenvalue weighted by Crippen LogP contribution is 2.46. The van der Waals surface area contributed by atoms with E-state index in [4.69, 9.17) is 27.1 Å². The Balaban J connectivity index is 1.39. The number of thiophene rings is 1. The van der Waals surface area contributed by atoms with Crippen LogP contribution in [0, 0.1) is 23.0 Å². The monoisotopic (exact) mass is 709 g/mol. The number of likely N-dealkylation sites (N-methyl/N-ethyl adjacent to an activating group) is 1. The number of carbonyl (C=O) groups excluding carboxylic acids is 1. The molecule has 9 nitrogen and oxygen atoms in total. The van der Waals surface area contributed by atoms with Crippen LogP contribution < -0.4 is 15.4 Å². The number of aromatic nitrogens is 2. The lowest BCUT2D eigenvalue weighted by molar-refractivity contribution is -0.126. The minimum atomic E-state index is -0.961. The van der Waals surface area contributed by atoms with Gasteiger partial charge in [-0.15, -0.1) is 11.3 Å². The predicted octanol–water partition coefficient (Wildman–Crippen LogP) is 6.85. The van der Waals surface area contributed by atoms with Gasteiger partial charge in [0.05, 0.1) is 32.9 Å². The zero-order chi connectivity index (χ0) is 34.8. The van der Waals surface area contributed by atoms with Crippen molar-refractivity contribution in [1.29, 1.82) is 5.26 Å². The van der Waals surface area contributed by atoms with Gasteiger partial charge in [0.15, 0.2) is 5.82 Å². The van der Waals surface area contributed by atoms with E-state index < -0.39 is 23.3 Å². The topological polar surface area (TPSA) is 112 Å². The Morgan fingerprint density at radius 3 is 2.88 bits per heavy atom. The Morgan fingerprint density at radius 2 is 2.14 bits per heavy atom. The summed E-state index contributed by atoms with van der Waals surface area (Å²) >= 11 is 7.77. The van der Waals surface area contributed by atoms with E-state index in [0.29, 0.717) is 43.6 Å². The zero-order valence-corrected chi connectivity index (χ0v) is 28.7. The Morgan fingerprint density at radius 1 is 1.35 bits per heavy atom. The van der Waals surface area contributed by atoms with E-state index in [1.54, 1.807) is 11.0 Å². The smallest absolute Gasteiger partial charge is 0.319 e. The van der Waals surface area contributed by atoms with Gasteiger partial charge in [-0.05, 0) is 56.0 Å². The van der Waals surface area contributed by atoms with E-state index in [2.05, 4.69) is 16.5 Å². The second kappa shape index (κ2) is 12.6. The van der Waals surface area contributed by atoms with Gasteiger partial charge in [0.1, 0.15) is 41.0 Å². The van der Waals surface area contributed by atoms with Gasteiger partial charge in [0.25, 0.3) is 0 Å². The van der Waals surface area contributed by atoms with Crippen LogP contribution in [0.2, 0.25) is 5.02 Å². The van der Waals surface area contributed by atoms with E-state index in [9.17, 15) is 18.8 Å². The van der Waals surface area contributed by atoms with Crippen LogP contribution >= 0.6 is 22.9 Å². The van der Waals surface area contributed by atoms with E-state index in [1.165, 1.54) is 18.2 Å². The Hall–Kier alpha value is -4.12. The number of benzene rings is 2. The highest BCUT2D eigenvalue weighted by atomic mass is 35.5. The van der Waals surface area contributed by atoms with Crippen LogP contribution in [-0.4, -0.2) is 82.8 Å². The molecule has 4 atom stereocenters. The van der Waals surface area contributed by atoms with E-state index in [1.807, 2.05) is 24.9 Å². The molecule has 2 aromatic heterocycles. The molecule has 0 spiro atoms. The molecule has 49 heavy (non-hydrogen) atoms. The molecule has 3 fully saturated rings. The number of hydrogen-bond acceptors (Lipinski definition) is 9. The number of nitriles is 1. The summed E-state index contributed by atoms with van der Waals surface area (Å²) in [6.07, 6.45) is 3.65. The molecule has 3 saturated heterocycles. The number of likely N-dealkylation sites (tertiary alicyclic amines) is 1. The fraction of sp³-hybridized carbons (Fsp3) is 0.429. The molecular weight excluding hydrogens is 675 g/mol. The average molecular weight is 710 g/mol. The van der Waals surface area contributed by atoms with E-state index >= 15 is 4.39 Å². The molecule has 0 bridgehead atoms. The van der Waals surface area contributed by atoms with Gasteiger partial charge in [0, 0.05) is 42.9 Å². The number of carbonyl (C=O) groups is 1. The molecule has 256 valence electrons. The molecule has 0 saturated carbocycles. The molecule has 3 aliphatic heterocycles. The van der Waals surface area contributed by atoms with Crippen molar-refractivity contribution in [3.8, 4) is 23.2 Å². The Bertz CT molecular complexity index is 2050. The third-order valence-electron chi connectivity index (χ3n) is 10.5. The van der Waals surface area contributed by atoms with Gasteiger partial charge in [-0.2, -0.15) is 15.2 Å². The van der Waals surface area contributed by atoms with E-state index in [0.717, 1.165) is 30.7 Å². The maximum Gasteiger partial charge on any atom is 0.319 e. The number of amides is 1. The number of fused-ring (bicyclic) bond motifs is 3. The quantitative estimate of drug-likeness (QED) is 0.198. The standard InChI is InChI=1S/C35H35ClF3N7O2S/c1-4-24-25(9-12-46(24)26(47)5-2)44(3)33-20-13-22(36)28(19-7-8-23(38)31-27(19)21(15-40)32(41)49-31)29(39)30(20)42-34(43-33)48-17-35-10-6-11-45(35)16-18(37)14-35/h5,7-8,13,18,24-25H,2,4,6,9-12,14,16-17,41H2,1,3H3/t18-,24+,25-,35+/m1/s1. The van der Waals surface area contributed by atoms with Crippen molar-refractivity contribution < 1.29 is 22.7 Å². The van der Waals surface area contributed by atoms with Crippen molar-refractivity contribution in [3.05, 3.63) is 53.1 Å². The number of anilines is 2. The normalized spacial score (nSPS) is 23.7. The lowest BCUT2D eigenvalue weighted by Gasteiger charge is -2.34. The number of nitrogen functional groups attached to an aromatic ring is 1. The summed E-state index contributed by atoms with van der Waals surface area (Å²) in [7, 11) is 1.83. The maximum atomic E-state index is 17.1. The minimum absolute atomic E-state index is 0.000780. The minimum Gasteiger partial charge on any atom is -0.461 e. The van der Waals surface area contributed by atoms with E-state index in [-0.39, 0.29) is 72.9 Å². The lowest BCUT2D eigenvalue weighted by Crippen LogP contribution is -2.45. The summed E-state index contributed by atoms with van der Waals surface area (Å²) in [5, 5.41) is 10.5. The number of alkyl halides is 1. The molecule has 0 aliphatic carbocycles. The first-order chi connectivity index (χ1) is 23.5. The Labute approximate surface area is 290 Å². The van der Waals surface area contributed by atoms with Crippen LogP contribution in [0.25, 0.3) is 32.1 Å². The SMILES string of the molecule is C=CC(=O)N1CC[C@@H](N(C)c2nc(OC[C@@]34CCCN3C[C@H](F)C4)nc3c(F)c(-c4ccc(F)c5sc(N)c(C#N)c45)c(Cl)cc23)[C@@H]1CC. The molecule has 14 heteroatoms. The summed E-state index contributed by atoms with van der Waals surface area (Å²) in [5.41, 5.74) is 5.64. The van der Waals surface area contributed by atoms with Crippen LogP contribution in [0.15, 0.2) is 30.9 Å². The summed E-state index contributed by atoms with van der Waals surface area (Å²) < 4.78 is 52.9. The number of nitrogens with zero attached hydrogens (tertiary/aromatic N) is 6. The molecule has 0 unspecified atom stereocenters. The first-order valence-corrected chi connectivity index (χ1v) is 17.5. The molecule has 7 rings (SSSR count). The van der Waals surface area contributed by atoms with Crippen molar-refractivity contribution in [2.45, 2.75) is 62.8 Å². The summed E-state index contributed by atoms with van der Waals surface area (Å²) in [6.45, 7) is 7.41. The fourth-order valence-electron chi connectivity index (χ4n) is 8.23. The molecule has 1 amide bonds. The van der Waals surface area contributed by atoms with Crippen LogP contribution in [0.1, 0.15) is 44.6 Å². The number of nitrogens with two attached hydrogens (primary N) is 1. The van der Waals surface area contributed by atoms with Crippen LogP contribution in [0.4, 0.5) is 24.0 Å². The molecular formula is C35H35ClF3N7O2S. The molecule has 0 radical (unpaired) electrons. The third-order valence-corrected chi connectivity index (χ3v) is 11.8. The van der Waals surface area contributed by atoms with Gasteiger partial charge in [0.2, 0.25) is 5.91 Å². The van der Waals surface area contributed by atoms with Crippen molar-refractivity contribution in [2.75, 3.05) is 43.9 Å². The molecule has 2 N–H and O–H groups in total. The number of halogens is 4. The molecule has 3 aliphatic rings. The zero-order valence-electron chi connectivity index (χ0n) is 27.1. The van der Waals surface area contributed by atoms with Crippen molar-refractivity contribution in [3.63, 3.8) is 0 Å². The van der Waals surface area contributed by atoms with Crippen molar-refractivity contribution in [2.24, 2.45) is 0 Å².